The number of carbonyl (C=O) groups excluding carboxylic acids is 1. The van der Waals surface area contributed by atoms with Crippen molar-refractivity contribution in [3.05, 3.63) is 36.7 Å². The van der Waals surface area contributed by atoms with Crippen LogP contribution in [0.25, 0.3) is 16.9 Å². The molecule has 1 spiro atoms. The van der Waals surface area contributed by atoms with Crippen LogP contribution in [0.2, 0.25) is 0 Å². The van der Waals surface area contributed by atoms with Gasteiger partial charge >= 0.3 is 6.03 Å². The highest BCUT2D eigenvalue weighted by Gasteiger charge is 2.48. The van der Waals surface area contributed by atoms with Crippen molar-refractivity contribution in [3.63, 3.8) is 0 Å². The zero-order valence-corrected chi connectivity index (χ0v) is 14.1. The van der Waals surface area contributed by atoms with Crippen molar-refractivity contribution in [2.75, 3.05) is 31.6 Å². The Morgan fingerprint density at radius 1 is 1.23 bits per heavy atom. The van der Waals surface area contributed by atoms with Crippen LogP contribution in [0.15, 0.2) is 36.7 Å². The molecular weight excluding hydrogens is 334 g/mol. The molecule has 2 fully saturated rings. The number of carbonyl (C=O) groups is 1. The lowest BCUT2D eigenvalue weighted by Gasteiger charge is -2.48. The molecule has 4 heterocycles. The average Bonchev–Trinajstić information content (AvgIpc) is 3.26. The van der Waals surface area contributed by atoms with Crippen LogP contribution in [0.3, 0.4) is 0 Å². The molecule has 2 saturated heterocycles. The molecule has 9 nitrogen and oxygen atoms in total. The SMILES string of the molecule is COc1ccc(-c2cc(N3CC4(CNC(=O)N4)C3)c3nncn3n2)cc1. The number of hydrogen-bond acceptors (Lipinski definition) is 6. The number of benzene rings is 1. The summed E-state index contributed by atoms with van der Waals surface area (Å²) < 4.78 is 6.91. The normalized spacial score (nSPS) is 17.9. The van der Waals surface area contributed by atoms with E-state index in [1.54, 1.807) is 18.0 Å². The van der Waals surface area contributed by atoms with Crippen molar-refractivity contribution in [3.8, 4) is 17.0 Å². The highest BCUT2D eigenvalue weighted by Crippen LogP contribution is 2.33. The zero-order chi connectivity index (χ0) is 17.7. The fourth-order valence-electron chi connectivity index (χ4n) is 3.57. The number of aromatic nitrogens is 4. The number of rotatable bonds is 3. The van der Waals surface area contributed by atoms with Crippen LogP contribution >= 0.6 is 0 Å². The lowest BCUT2D eigenvalue weighted by atomic mass is 9.90. The molecule has 2 amide bonds. The number of urea groups is 1. The van der Waals surface area contributed by atoms with E-state index in [1.807, 2.05) is 30.3 Å². The van der Waals surface area contributed by atoms with E-state index in [1.165, 1.54) is 0 Å². The predicted octanol–water partition coefficient (Wildman–Crippen LogP) is 0.671. The maximum atomic E-state index is 11.5. The molecule has 26 heavy (non-hydrogen) atoms. The summed E-state index contributed by atoms with van der Waals surface area (Å²) in [5.41, 5.74) is 3.26. The van der Waals surface area contributed by atoms with E-state index in [-0.39, 0.29) is 11.6 Å². The predicted molar refractivity (Wildman–Crippen MR) is 94.2 cm³/mol. The van der Waals surface area contributed by atoms with Gasteiger partial charge in [0.2, 0.25) is 5.65 Å². The Bertz CT molecular complexity index is 992. The minimum absolute atomic E-state index is 0.106. The summed E-state index contributed by atoms with van der Waals surface area (Å²) in [6, 6.07) is 9.67. The summed E-state index contributed by atoms with van der Waals surface area (Å²) in [5.74, 6) is 0.800. The molecular formula is C17H17N7O2. The van der Waals surface area contributed by atoms with Gasteiger partial charge in [0, 0.05) is 25.2 Å². The van der Waals surface area contributed by atoms with E-state index in [2.05, 4.69) is 30.8 Å². The van der Waals surface area contributed by atoms with Gasteiger partial charge in [-0.3, -0.25) is 0 Å². The lowest BCUT2D eigenvalue weighted by Crippen LogP contribution is -2.69. The standard InChI is InChI=1S/C17H17N7O2/c1-26-12-4-2-11(3-5-12)13-6-14(15-21-19-10-24(15)22-13)23-8-17(9-23)7-18-16(25)20-17/h2-6,10H,7-9H2,1H3,(H2,18,20,25). The first kappa shape index (κ1) is 14.9. The second-order valence-electron chi connectivity index (χ2n) is 6.69. The number of ether oxygens (including phenoxy) is 1. The van der Waals surface area contributed by atoms with Gasteiger partial charge in [0.05, 0.1) is 24.0 Å². The number of fused-ring (bicyclic) bond motifs is 1. The summed E-state index contributed by atoms with van der Waals surface area (Å²) in [6.45, 7) is 2.09. The minimum atomic E-state index is -0.197. The van der Waals surface area contributed by atoms with Gasteiger partial charge in [-0.05, 0) is 30.3 Å². The first-order chi connectivity index (χ1) is 12.7. The van der Waals surface area contributed by atoms with Crippen LogP contribution in [0.1, 0.15) is 0 Å². The molecule has 0 unspecified atom stereocenters. The van der Waals surface area contributed by atoms with Crippen molar-refractivity contribution in [1.82, 2.24) is 30.4 Å². The smallest absolute Gasteiger partial charge is 0.315 e. The van der Waals surface area contributed by atoms with Crippen LogP contribution in [0.5, 0.6) is 5.75 Å². The summed E-state index contributed by atoms with van der Waals surface area (Å²) in [6.07, 6.45) is 1.60. The quantitative estimate of drug-likeness (QED) is 0.720. The second-order valence-corrected chi connectivity index (χ2v) is 6.69. The monoisotopic (exact) mass is 351 g/mol. The first-order valence-corrected chi connectivity index (χ1v) is 8.32. The van der Waals surface area contributed by atoms with Gasteiger partial charge in [-0.25, -0.2) is 4.79 Å². The van der Waals surface area contributed by atoms with Crippen LogP contribution in [0, 0.1) is 0 Å². The molecule has 2 aliphatic heterocycles. The topological polar surface area (TPSA) is 96.7 Å². The molecule has 0 aliphatic carbocycles. The Morgan fingerprint density at radius 3 is 2.73 bits per heavy atom. The van der Waals surface area contributed by atoms with E-state index in [0.29, 0.717) is 12.2 Å². The van der Waals surface area contributed by atoms with E-state index < -0.39 is 0 Å². The van der Waals surface area contributed by atoms with Gasteiger partial charge in [0.25, 0.3) is 0 Å². The van der Waals surface area contributed by atoms with Crippen molar-refractivity contribution in [2.45, 2.75) is 5.54 Å². The molecule has 2 aliphatic rings. The number of anilines is 1. The van der Waals surface area contributed by atoms with Gasteiger partial charge in [-0.1, -0.05) is 0 Å². The summed E-state index contributed by atoms with van der Waals surface area (Å²) >= 11 is 0. The number of hydrogen-bond donors (Lipinski definition) is 2. The van der Waals surface area contributed by atoms with Gasteiger partial charge in [-0.2, -0.15) is 9.61 Å². The molecule has 3 aromatic rings. The largest absolute Gasteiger partial charge is 0.497 e. The molecule has 5 rings (SSSR count). The van der Waals surface area contributed by atoms with E-state index in [9.17, 15) is 4.79 Å². The second kappa shape index (κ2) is 5.32. The van der Waals surface area contributed by atoms with Gasteiger partial charge < -0.3 is 20.3 Å². The summed E-state index contributed by atoms with van der Waals surface area (Å²) in [4.78, 5) is 13.7. The Kier molecular flexibility index (Phi) is 3.05. The van der Waals surface area contributed by atoms with Crippen LogP contribution < -0.4 is 20.3 Å². The van der Waals surface area contributed by atoms with Crippen LogP contribution in [0.4, 0.5) is 10.5 Å². The molecule has 9 heteroatoms. The van der Waals surface area contributed by atoms with E-state index in [4.69, 9.17) is 4.74 Å². The molecule has 2 aromatic heterocycles. The highest BCUT2D eigenvalue weighted by molar-refractivity contribution is 5.81. The molecule has 0 bridgehead atoms. The third kappa shape index (κ3) is 2.24. The van der Waals surface area contributed by atoms with Gasteiger partial charge in [-0.15, -0.1) is 10.2 Å². The molecule has 0 atom stereocenters. The van der Waals surface area contributed by atoms with Crippen LogP contribution in [-0.4, -0.2) is 58.1 Å². The van der Waals surface area contributed by atoms with Crippen molar-refractivity contribution in [1.29, 1.82) is 0 Å². The van der Waals surface area contributed by atoms with Crippen molar-refractivity contribution >= 4 is 17.4 Å². The number of nitrogens with one attached hydrogen (secondary N) is 2. The van der Waals surface area contributed by atoms with Gasteiger partial charge in [0.15, 0.2) is 0 Å². The summed E-state index contributed by atoms with van der Waals surface area (Å²) in [5, 5.41) is 18.6. The third-order valence-electron chi connectivity index (χ3n) is 4.93. The zero-order valence-electron chi connectivity index (χ0n) is 14.1. The maximum absolute atomic E-state index is 11.5. The Morgan fingerprint density at radius 2 is 2.04 bits per heavy atom. The number of methoxy groups -OCH3 is 1. The molecule has 0 saturated carbocycles. The maximum Gasteiger partial charge on any atom is 0.315 e. The Balaban J connectivity index is 1.51. The summed E-state index contributed by atoms with van der Waals surface area (Å²) in [7, 11) is 1.64. The lowest BCUT2D eigenvalue weighted by molar-refractivity contribution is 0.240. The first-order valence-electron chi connectivity index (χ1n) is 8.32. The van der Waals surface area contributed by atoms with E-state index in [0.717, 1.165) is 35.8 Å². The Labute approximate surface area is 149 Å². The average molecular weight is 351 g/mol. The molecule has 0 radical (unpaired) electrons. The number of nitrogens with zero attached hydrogens (tertiary/aromatic N) is 5. The fourth-order valence-corrected chi connectivity index (χ4v) is 3.57. The highest BCUT2D eigenvalue weighted by atomic mass is 16.5. The third-order valence-corrected chi connectivity index (χ3v) is 4.93. The van der Waals surface area contributed by atoms with Gasteiger partial charge in [0.1, 0.15) is 12.1 Å². The molecule has 1 aromatic carbocycles. The Hall–Kier alpha value is -3.36. The van der Waals surface area contributed by atoms with Crippen molar-refractivity contribution < 1.29 is 9.53 Å². The number of amides is 2. The van der Waals surface area contributed by atoms with Crippen LogP contribution in [-0.2, 0) is 0 Å². The van der Waals surface area contributed by atoms with E-state index >= 15 is 0 Å². The molecule has 132 valence electrons. The van der Waals surface area contributed by atoms with Crippen molar-refractivity contribution in [2.24, 2.45) is 0 Å². The molecule has 2 N–H and O–H groups in total. The minimum Gasteiger partial charge on any atom is -0.497 e. The fraction of sp³-hybridized carbons (Fsp3) is 0.294.